The number of nitrogen functional groups attached to an aromatic ring is 1. The van der Waals surface area contributed by atoms with Crippen molar-refractivity contribution < 1.29 is 18.0 Å². The first-order chi connectivity index (χ1) is 8.19. The number of hydrogen-bond donors (Lipinski definition) is 2. The number of nitrogens with one attached hydrogen (secondary N) is 1. The number of nitrogens with two attached hydrogens (primary N) is 1. The first-order valence-corrected chi connectivity index (χ1v) is 5.42. The molecule has 0 fully saturated rings. The summed E-state index contributed by atoms with van der Waals surface area (Å²) in [5.74, 6) is -0.653. The number of anilines is 2. The quantitative estimate of drug-likeness (QED) is 0.820. The highest BCUT2D eigenvalue weighted by atomic mass is 19.4. The molecule has 100 valence electrons. The van der Waals surface area contributed by atoms with Crippen molar-refractivity contribution in [2.45, 2.75) is 32.9 Å². The van der Waals surface area contributed by atoms with E-state index in [0.717, 1.165) is 11.1 Å². The Hall–Kier alpha value is -1.72. The van der Waals surface area contributed by atoms with Crippen molar-refractivity contribution in [3.8, 4) is 0 Å². The van der Waals surface area contributed by atoms with Gasteiger partial charge >= 0.3 is 6.18 Å². The van der Waals surface area contributed by atoms with Crippen molar-refractivity contribution >= 4 is 17.3 Å². The molecule has 0 aliphatic rings. The number of carbonyl (C=O) groups is 1. The van der Waals surface area contributed by atoms with Gasteiger partial charge in [0, 0.05) is 17.8 Å². The fourth-order valence-corrected chi connectivity index (χ4v) is 1.44. The molecule has 0 aliphatic carbocycles. The van der Waals surface area contributed by atoms with E-state index in [0.29, 0.717) is 11.4 Å². The molecule has 18 heavy (non-hydrogen) atoms. The lowest BCUT2D eigenvalue weighted by Crippen LogP contribution is -2.17. The third kappa shape index (κ3) is 4.27. The summed E-state index contributed by atoms with van der Waals surface area (Å²) in [5, 5.41) is 2.46. The van der Waals surface area contributed by atoms with Crippen LogP contribution in [0.25, 0.3) is 0 Å². The Bertz CT molecular complexity index is 455. The van der Waals surface area contributed by atoms with Gasteiger partial charge in [0.05, 0.1) is 6.42 Å². The predicted molar refractivity (Wildman–Crippen MR) is 64.2 cm³/mol. The summed E-state index contributed by atoms with van der Waals surface area (Å²) in [4.78, 5) is 11.4. The predicted octanol–water partition coefficient (Wildman–Crippen LogP) is 3.17. The molecule has 0 aliphatic heterocycles. The molecule has 0 spiro atoms. The van der Waals surface area contributed by atoms with E-state index in [1.807, 2.05) is 0 Å². The van der Waals surface area contributed by atoms with Crippen LogP contribution in [0.2, 0.25) is 0 Å². The number of aryl methyl sites for hydroxylation is 2. The topological polar surface area (TPSA) is 55.1 Å². The Morgan fingerprint density at radius 1 is 1.28 bits per heavy atom. The maximum Gasteiger partial charge on any atom is 0.389 e. The minimum Gasteiger partial charge on any atom is -0.399 e. The fourth-order valence-electron chi connectivity index (χ4n) is 1.44. The third-order valence-corrected chi connectivity index (χ3v) is 2.52. The van der Waals surface area contributed by atoms with Gasteiger partial charge in [0.15, 0.2) is 0 Å². The first kappa shape index (κ1) is 14.3. The standard InChI is InChI=1S/C12H15F3N2O/c1-7-6-10(8(2)5-9(7)16)17-11(18)3-4-12(13,14)15/h5-6H,3-4,16H2,1-2H3,(H,17,18). The minimum absolute atomic E-state index is 0.494. The summed E-state index contributed by atoms with van der Waals surface area (Å²) in [6.07, 6.45) is -6.01. The zero-order valence-corrected chi connectivity index (χ0v) is 10.2. The number of rotatable bonds is 3. The molecule has 1 aromatic carbocycles. The molecule has 6 heteroatoms. The second kappa shape index (κ2) is 5.29. The molecule has 1 rings (SSSR count). The van der Waals surface area contributed by atoms with E-state index in [2.05, 4.69) is 5.32 Å². The molecule has 0 saturated heterocycles. The Morgan fingerprint density at radius 3 is 2.44 bits per heavy atom. The maximum atomic E-state index is 12.0. The van der Waals surface area contributed by atoms with Crippen LogP contribution in [0.15, 0.2) is 12.1 Å². The molecule has 0 aromatic heterocycles. The van der Waals surface area contributed by atoms with Gasteiger partial charge in [0.25, 0.3) is 0 Å². The van der Waals surface area contributed by atoms with Gasteiger partial charge < -0.3 is 11.1 Å². The van der Waals surface area contributed by atoms with Gasteiger partial charge in [0.2, 0.25) is 5.91 Å². The molecule has 0 radical (unpaired) electrons. The highest BCUT2D eigenvalue weighted by Gasteiger charge is 2.27. The summed E-state index contributed by atoms with van der Waals surface area (Å²) in [7, 11) is 0. The van der Waals surface area contributed by atoms with Crippen molar-refractivity contribution in [3.63, 3.8) is 0 Å². The van der Waals surface area contributed by atoms with E-state index in [4.69, 9.17) is 5.73 Å². The maximum absolute atomic E-state index is 12.0. The third-order valence-electron chi connectivity index (χ3n) is 2.52. The van der Waals surface area contributed by atoms with E-state index in [1.165, 1.54) is 0 Å². The van der Waals surface area contributed by atoms with Crippen molar-refractivity contribution in [2.75, 3.05) is 11.1 Å². The monoisotopic (exact) mass is 260 g/mol. The fraction of sp³-hybridized carbons (Fsp3) is 0.417. The summed E-state index contributed by atoms with van der Waals surface area (Å²) < 4.78 is 35.9. The SMILES string of the molecule is Cc1cc(NC(=O)CCC(F)(F)F)c(C)cc1N. The molecule has 3 nitrogen and oxygen atoms in total. The average molecular weight is 260 g/mol. The largest absolute Gasteiger partial charge is 0.399 e. The lowest BCUT2D eigenvalue weighted by atomic mass is 10.1. The number of halogens is 3. The highest BCUT2D eigenvalue weighted by molar-refractivity contribution is 5.92. The molecule has 1 amide bonds. The van der Waals surface area contributed by atoms with Gasteiger partial charge in [-0.15, -0.1) is 0 Å². The Morgan fingerprint density at radius 2 is 1.89 bits per heavy atom. The molecule has 3 N–H and O–H groups in total. The second-order valence-corrected chi connectivity index (χ2v) is 4.19. The second-order valence-electron chi connectivity index (χ2n) is 4.19. The smallest absolute Gasteiger partial charge is 0.389 e. The molecule has 0 heterocycles. The number of alkyl halides is 3. The average Bonchev–Trinajstić information content (AvgIpc) is 2.22. The van der Waals surface area contributed by atoms with Crippen LogP contribution >= 0.6 is 0 Å². The zero-order valence-electron chi connectivity index (χ0n) is 10.2. The van der Waals surface area contributed by atoms with E-state index < -0.39 is 24.9 Å². The van der Waals surface area contributed by atoms with Gasteiger partial charge in [-0.1, -0.05) is 0 Å². The Labute approximate surface area is 103 Å². The summed E-state index contributed by atoms with van der Waals surface area (Å²) in [6.45, 7) is 3.50. The van der Waals surface area contributed by atoms with Crippen molar-refractivity contribution in [3.05, 3.63) is 23.3 Å². The first-order valence-electron chi connectivity index (χ1n) is 5.42. The summed E-state index contributed by atoms with van der Waals surface area (Å²) in [6, 6.07) is 3.32. The minimum atomic E-state index is -4.32. The van der Waals surface area contributed by atoms with E-state index in [1.54, 1.807) is 26.0 Å². The van der Waals surface area contributed by atoms with E-state index in [9.17, 15) is 18.0 Å². The van der Waals surface area contributed by atoms with Crippen LogP contribution in [0.3, 0.4) is 0 Å². The van der Waals surface area contributed by atoms with Gasteiger partial charge in [-0.2, -0.15) is 13.2 Å². The number of hydrogen-bond acceptors (Lipinski definition) is 2. The lowest BCUT2D eigenvalue weighted by molar-refractivity contribution is -0.142. The summed E-state index contributed by atoms with van der Waals surface area (Å²) >= 11 is 0. The van der Waals surface area contributed by atoms with Gasteiger partial charge in [0.1, 0.15) is 0 Å². The van der Waals surface area contributed by atoms with Crippen LogP contribution in [0.1, 0.15) is 24.0 Å². The Kier molecular flexibility index (Phi) is 4.21. The van der Waals surface area contributed by atoms with Crippen LogP contribution in [0, 0.1) is 13.8 Å². The molecular formula is C12H15F3N2O. The summed E-state index contributed by atoms with van der Waals surface area (Å²) in [5.41, 5.74) is 8.24. The van der Waals surface area contributed by atoms with E-state index in [-0.39, 0.29) is 0 Å². The molecule has 0 saturated carbocycles. The van der Waals surface area contributed by atoms with Crippen LogP contribution in [0.4, 0.5) is 24.5 Å². The molecular weight excluding hydrogens is 245 g/mol. The van der Waals surface area contributed by atoms with Crippen LogP contribution in [-0.2, 0) is 4.79 Å². The van der Waals surface area contributed by atoms with Gasteiger partial charge in [-0.3, -0.25) is 4.79 Å². The van der Waals surface area contributed by atoms with Crippen molar-refractivity contribution in [1.29, 1.82) is 0 Å². The lowest BCUT2D eigenvalue weighted by Gasteiger charge is -2.11. The number of benzene rings is 1. The van der Waals surface area contributed by atoms with Crippen LogP contribution in [0.5, 0.6) is 0 Å². The van der Waals surface area contributed by atoms with Crippen LogP contribution < -0.4 is 11.1 Å². The molecule has 0 unspecified atom stereocenters. The number of amides is 1. The molecule has 0 bridgehead atoms. The molecule has 1 aromatic rings. The molecule has 0 atom stereocenters. The van der Waals surface area contributed by atoms with Crippen molar-refractivity contribution in [1.82, 2.24) is 0 Å². The van der Waals surface area contributed by atoms with E-state index >= 15 is 0 Å². The van der Waals surface area contributed by atoms with Gasteiger partial charge in [-0.05, 0) is 37.1 Å². The highest BCUT2D eigenvalue weighted by Crippen LogP contribution is 2.24. The van der Waals surface area contributed by atoms with Gasteiger partial charge in [-0.25, -0.2) is 0 Å². The number of carbonyl (C=O) groups excluding carboxylic acids is 1. The zero-order chi connectivity index (χ0) is 13.9. The van der Waals surface area contributed by atoms with Crippen molar-refractivity contribution in [2.24, 2.45) is 0 Å². The Balaban J connectivity index is 2.68. The van der Waals surface area contributed by atoms with Crippen LogP contribution in [-0.4, -0.2) is 12.1 Å². The normalized spacial score (nSPS) is 11.4.